The molecule has 1 fully saturated rings. The molecular weight excluding hydrogens is 651 g/mol. The number of hydrogen-bond acceptors (Lipinski definition) is 11. The molecule has 47 heavy (non-hydrogen) atoms. The van der Waals surface area contributed by atoms with E-state index < -0.39 is 17.1 Å². The van der Waals surface area contributed by atoms with Crippen LogP contribution in [0.3, 0.4) is 0 Å². The topological polar surface area (TPSA) is 159 Å². The van der Waals surface area contributed by atoms with Gasteiger partial charge in [-0.3, -0.25) is 9.59 Å². The maximum atomic E-state index is 14.5. The minimum Gasteiger partial charge on any atom is -0.487 e. The molecule has 4 rings (SSSR count). The van der Waals surface area contributed by atoms with Crippen LogP contribution in [0.15, 0.2) is 48.0 Å². The first kappa shape index (κ1) is 36.4. The molecule has 0 radical (unpaired) electrons. The average Bonchev–Trinajstić information content (AvgIpc) is 3.57. The summed E-state index contributed by atoms with van der Waals surface area (Å²) in [4.78, 5) is 33.4. The highest BCUT2D eigenvalue weighted by atomic mass is 35.5. The second-order valence-electron chi connectivity index (χ2n) is 11.0. The molecule has 2 aromatic heterocycles. The maximum absolute atomic E-state index is 14.5. The highest BCUT2D eigenvalue weighted by Gasteiger charge is 2.43. The van der Waals surface area contributed by atoms with Gasteiger partial charge in [-0.05, 0) is 49.9 Å². The third-order valence-corrected chi connectivity index (χ3v) is 8.55. The number of aromatic nitrogens is 2. The third-order valence-electron chi connectivity index (χ3n) is 7.57. The largest absolute Gasteiger partial charge is 0.487 e. The van der Waals surface area contributed by atoms with Gasteiger partial charge in [-0.15, -0.1) is 11.3 Å². The molecule has 2 heterocycles. The van der Waals surface area contributed by atoms with Crippen molar-refractivity contribution >= 4 is 45.7 Å². The molecular formula is C32H42ClFN6O6S. The number of primary amides is 1. The molecule has 0 bridgehead atoms. The number of nitrogens with zero attached hydrogens (tertiary/aromatic N) is 2. The molecule has 12 nitrogen and oxygen atoms in total. The van der Waals surface area contributed by atoms with Gasteiger partial charge in [0.05, 0.1) is 62.7 Å². The van der Waals surface area contributed by atoms with Crippen molar-refractivity contribution in [2.45, 2.75) is 38.2 Å². The van der Waals surface area contributed by atoms with Crippen molar-refractivity contribution in [3.8, 4) is 5.75 Å². The van der Waals surface area contributed by atoms with E-state index in [4.69, 9.17) is 41.3 Å². The lowest BCUT2D eigenvalue weighted by Crippen LogP contribution is -2.47. The van der Waals surface area contributed by atoms with Crippen LogP contribution in [0.4, 0.5) is 15.3 Å². The summed E-state index contributed by atoms with van der Waals surface area (Å²) in [5.41, 5.74) is 5.11. The molecule has 0 unspecified atom stereocenters. The lowest BCUT2D eigenvalue weighted by molar-refractivity contribution is -0.134. The number of thiazole rings is 1. The number of hydrogen-bond donors (Lipinski definition) is 4. The van der Waals surface area contributed by atoms with E-state index in [0.717, 1.165) is 10.8 Å². The quantitative estimate of drug-likeness (QED) is 0.121. The molecule has 0 atom stereocenters. The SMILES string of the molecule is NC(=O)CNCCOCCOCCOCCNC(=O)C1(Cc2cccc(Nc3nccs3)n2)CCC(Oc2cccc(Cl)c2F)CC1. The van der Waals surface area contributed by atoms with Crippen molar-refractivity contribution in [3.05, 3.63) is 64.5 Å². The summed E-state index contributed by atoms with van der Waals surface area (Å²) in [7, 11) is 0. The van der Waals surface area contributed by atoms with Crippen molar-refractivity contribution in [3.63, 3.8) is 0 Å². The predicted molar refractivity (Wildman–Crippen MR) is 178 cm³/mol. The van der Waals surface area contributed by atoms with Crippen LogP contribution in [0.25, 0.3) is 0 Å². The Morgan fingerprint density at radius 2 is 1.70 bits per heavy atom. The van der Waals surface area contributed by atoms with Crippen molar-refractivity contribution in [2.24, 2.45) is 11.1 Å². The minimum atomic E-state index is -0.724. The number of anilines is 2. The van der Waals surface area contributed by atoms with E-state index in [1.165, 1.54) is 17.4 Å². The van der Waals surface area contributed by atoms with E-state index in [1.54, 1.807) is 18.3 Å². The zero-order valence-corrected chi connectivity index (χ0v) is 27.8. The standard InChI is InChI=1S/C32H42ClFN6O6S/c33-25-4-2-5-26(29(25)34)46-24-7-9-32(10-8-24,21-23-3-1-6-28(39-23)40-31-38-13-20-47-31)30(42)37-12-15-44-17-19-45-18-16-43-14-11-36-22-27(35)41/h1-6,13,20,24,36H,7-12,14-19,21-22H2,(H2,35,41)(H,37,42)(H,38,39,40). The number of nitrogens with two attached hydrogens (primary N) is 1. The van der Waals surface area contributed by atoms with Gasteiger partial charge in [0.2, 0.25) is 11.8 Å². The van der Waals surface area contributed by atoms with Crippen LogP contribution < -0.4 is 26.4 Å². The molecule has 15 heteroatoms. The molecule has 5 N–H and O–H groups in total. The molecule has 0 saturated heterocycles. The monoisotopic (exact) mass is 692 g/mol. The van der Waals surface area contributed by atoms with Gasteiger partial charge in [0.1, 0.15) is 5.82 Å². The molecule has 3 aromatic rings. The van der Waals surface area contributed by atoms with E-state index in [2.05, 4.69) is 20.9 Å². The fraction of sp³-hybridized carbons (Fsp3) is 0.500. The first-order chi connectivity index (χ1) is 22.8. The van der Waals surface area contributed by atoms with Gasteiger partial charge in [-0.1, -0.05) is 23.7 Å². The maximum Gasteiger partial charge on any atom is 0.231 e. The van der Waals surface area contributed by atoms with E-state index in [1.807, 2.05) is 23.6 Å². The van der Waals surface area contributed by atoms with E-state index >= 15 is 0 Å². The third kappa shape index (κ3) is 12.3. The van der Waals surface area contributed by atoms with Gasteiger partial charge >= 0.3 is 0 Å². The van der Waals surface area contributed by atoms with Gasteiger partial charge in [0.25, 0.3) is 0 Å². The predicted octanol–water partition coefficient (Wildman–Crippen LogP) is 3.87. The number of nitrogens with one attached hydrogen (secondary N) is 3. The number of carbonyl (C=O) groups excluding carboxylic acids is 2. The van der Waals surface area contributed by atoms with Gasteiger partial charge in [0.15, 0.2) is 16.7 Å². The Morgan fingerprint density at radius 3 is 2.40 bits per heavy atom. The zero-order chi connectivity index (χ0) is 33.3. The van der Waals surface area contributed by atoms with Crippen LogP contribution in [0, 0.1) is 11.2 Å². The van der Waals surface area contributed by atoms with Crippen molar-refractivity contribution in [1.82, 2.24) is 20.6 Å². The van der Waals surface area contributed by atoms with E-state index in [9.17, 15) is 14.0 Å². The Labute approximate surface area is 282 Å². The molecule has 1 aliphatic rings. The van der Waals surface area contributed by atoms with Crippen molar-refractivity contribution in [2.75, 3.05) is 64.6 Å². The Balaban J connectivity index is 1.24. The summed E-state index contributed by atoms with van der Waals surface area (Å²) in [6, 6.07) is 10.4. The molecule has 2 amide bonds. The summed E-state index contributed by atoms with van der Waals surface area (Å²) in [5, 5.41) is 11.8. The summed E-state index contributed by atoms with van der Waals surface area (Å²) < 4.78 is 37.0. The lowest BCUT2D eigenvalue weighted by Gasteiger charge is -2.39. The molecule has 1 aliphatic carbocycles. The van der Waals surface area contributed by atoms with Crippen LogP contribution in [0.2, 0.25) is 5.02 Å². The Bertz CT molecular complexity index is 1400. The highest BCUT2D eigenvalue weighted by Crippen LogP contribution is 2.41. The first-order valence-electron chi connectivity index (χ1n) is 15.6. The fourth-order valence-electron chi connectivity index (χ4n) is 5.21. The Morgan fingerprint density at radius 1 is 1.00 bits per heavy atom. The molecule has 0 spiro atoms. The number of amides is 2. The number of halogens is 2. The van der Waals surface area contributed by atoms with Gasteiger partial charge < -0.3 is 40.6 Å². The average molecular weight is 693 g/mol. The Kier molecular flexibility index (Phi) is 15.1. The number of benzene rings is 1. The summed E-state index contributed by atoms with van der Waals surface area (Å²) in [6.07, 6.45) is 4.11. The number of pyridine rings is 1. The fourth-order valence-corrected chi connectivity index (χ4v) is 5.91. The molecule has 256 valence electrons. The van der Waals surface area contributed by atoms with Gasteiger partial charge in [-0.2, -0.15) is 0 Å². The smallest absolute Gasteiger partial charge is 0.231 e. The lowest BCUT2D eigenvalue weighted by atomic mass is 9.69. The molecule has 0 aliphatic heterocycles. The minimum absolute atomic E-state index is 0.00935. The van der Waals surface area contributed by atoms with Crippen LogP contribution in [-0.2, 0) is 30.2 Å². The van der Waals surface area contributed by atoms with Crippen LogP contribution in [-0.4, -0.2) is 87.2 Å². The zero-order valence-electron chi connectivity index (χ0n) is 26.2. The Hall–Kier alpha value is -3.40. The summed E-state index contributed by atoms with van der Waals surface area (Å²) in [5.74, 6) is -0.297. The van der Waals surface area contributed by atoms with E-state index in [0.29, 0.717) is 90.7 Å². The second-order valence-corrected chi connectivity index (χ2v) is 12.3. The van der Waals surface area contributed by atoms with Crippen LogP contribution >= 0.6 is 22.9 Å². The van der Waals surface area contributed by atoms with Gasteiger partial charge in [-0.25, -0.2) is 14.4 Å². The number of ether oxygens (including phenoxy) is 4. The first-order valence-corrected chi connectivity index (χ1v) is 16.8. The summed E-state index contributed by atoms with van der Waals surface area (Å²) in [6.45, 7) is 3.40. The molecule has 1 saturated carbocycles. The number of rotatable bonds is 21. The second kappa shape index (κ2) is 19.4. The van der Waals surface area contributed by atoms with Crippen LogP contribution in [0.1, 0.15) is 31.4 Å². The van der Waals surface area contributed by atoms with Crippen LogP contribution in [0.5, 0.6) is 5.75 Å². The van der Waals surface area contributed by atoms with Crippen molar-refractivity contribution < 1.29 is 32.9 Å². The van der Waals surface area contributed by atoms with Crippen molar-refractivity contribution in [1.29, 1.82) is 0 Å². The normalized spacial score (nSPS) is 17.7. The summed E-state index contributed by atoms with van der Waals surface area (Å²) >= 11 is 7.42. The number of carbonyl (C=O) groups is 2. The molecule has 1 aromatic carbocycles. The van der Waals surface area contributed by atoms with Gasteiger partial charge in [0, 0.05) is 36.8 Å². The van der Waals surface area contributed by atoms with E-state index in [-0.39, 0.29) is 29.3 Å². The highest BCUT2D eigenvalue weighted by molar-refractivity contribution is 7.13.